The zero-order chi connectivity index (χ0) is 13.7. The van der Waals surface area contributed by atoms with E-state index in [2.05, 4.69) is 48.5 Å². The van der Waals surface area contributed by atoms with Gasteiger partial charge in [-0.3, -0.25) is 0 Å². The van der Waals surface area contributed by atoms with Crippen molar-refractivity contribution in [2.24, 2.45) is 5.92 Å². The highest BCUT2D eigenvalue weighted by Gasteiger charge is 2.47. The van der Waals surface area contributed by atoms with Crippen LogP contribution in [0.3, 0.4) is 0 Å². The average Bonchev–Trinajstić information content (AvgIpc) is 2.54. The van der Waals surface area contributed by atoms with Gasteiger partial charge in [-0.2, -0.15) is 5.26 Å². The lowest BCUT2D eigenvalue weighted by molar-refractivity contribution is 0.266. The first-order chi connectivity index (χ1) is 9.81. The third kappa shape index (κ3) is 1.49. The molecule has 2 heteroatoms. The molecule has 1 fully saturated rings. The number of nitriles is 1. The van der Waals surface area contributed by atoms with Crippen LogP contribution in [-0.4, -0.2) is 0 Å². The monoisotopic (exact) mass is 279 g/mol. The minimum absolute atomic E-state index is 0.104. The Bertz CT molecular complexity index is 715. The van der Waals surface area contributed by atoms with Gasteiger partial charge < -0.3 is 0 Å². The Morgan fingerprint density at radius 2 is 1.45 bits per heavy atom. The summed E-state index contributed by atoms with van der Waals surface area (Å²) in [4.78, 5) is 0. The number of nitrogens with zero attached hydrogens (tertiary/aromatic N) is 1. The normalized spacial score (nSPS) is 30.0. The Labute approximate surface area is 123 Å². The van der Waals surface area contributed by atoms with Crippen LogP contribution in [0.15, 0.2) is 48.5 Å². The Morgan fingerprint density at radius 1 is 0.900 bits per heavy atom. The van der Waals surface area contributed by atoms with Crippen LogP contribution in [0.5, 0.6) is 0 Å². The second kappa shape index (κ2) is 4.36. The first kappa shape index (κ1) is 12.0. The van der Waals surface area contributed by atoms with Crippen LogP contribution in [-0.2, 0) is 0 Å². The van der Waals surface area contributed by atoms with Crippen molar-refractivity contribution in [2.45, 2.75) is 23.6 Å². The molecule has 2 aliphatic carbocycles. The van der Waals surface area contributed by atoms with Gasteiger partial charge in [-0.05, 0) is 34.6 Å². The smallest absolute Gasteiger partial charge is 0.0840 e. The van der Waals surface area contributed by atoms with Crippen LogP contribution >= 0.6 is 11.6 Å². The van der Waals surface area contributed by atoms with Gasteiger partial charge in [0.25, 0.3) is 0 Å². The molecule has 2 aromatic rings. The van der Waals surface area contributed by atoms with Crippen molar-refractivity contribution >= 4 is 11.6 Å². The van der Waals surface area contributed by atoms with Crippen LogP contribution in [0.4, 0.5) is 0 Å². The lowest BCUT2D eigenvalue weighted by atomic mass is 9.60. The van der Waals surface area contributed by atoms with E-state index in [0.29, 0.717) is 11.8 Å². The molecule has 98 valence electrons. The number of halogens is 1. The maximum atomic E-state index is 9.37. The van der Waals surface area contributed by atoms with Gasteiger partial charge in [0, 0.05) is 5.92 Å². The van der Waals surface area contributed by atoms with Crippen LogP contribution in [0.1, 0.15) is 45.9 Å². The van der Waals surface area contributed by atoms with Crippen LogP contribution in [0.2, 0.25) is 0 Å². The van der Waals surface area contributed by atoms with Crippen molar-refractivity contribution in [2.75, 3.05) is 0 Å². The molecule has 2 aromatic carbocycles. The highest BCUT2D eigenvalue weighted by molar-refractivity contribution is 6.23. The minimum atomic E-state index is -0.104. The molecule has 2 aliphatic rings. The number of hydrogen-bond acceptors (Lipinski definition) is 1. The van der Waals surface area contributed by atoms with E-state index in [1.807, 2.05) is 6.07 Å². The van der Waals surface area contributed by atoms with Gasteiger partial charge >= 0.3 is 0 Å². The Hall–Kier alpha value is -1.78. The number of hydrogen-bond donors (Lipinski definition) is 0. The van der Waals surface area contributed by atoms with Crippen molar-refractivity contribution < 1.29 is 0 Å². The van der Waals surface area contributed by atoms with Crippen LogP contribution in [0.25, 0.3) is 0 Å². The number of benzene rings is 2. The second-order valence-corrected chi connectivity index (χ2v) is 6.16. The molecular formula is C18H14ClN. The number of rotatable bonds is 0. The summed E-state index contributed by atoms with van der Waals surface area (Å²) in [6.07, 6.45) is 0.954. The fourth-order valence-corrected chi connectivity index (χ4v) is 4.23. The average molecular weight is 280 g/mol. The molecule has 1 saturated carbocycles. The summed E-state index contributed by atoms with van der Waals surface area (Å²) in [7, 11) is 0. The quantitative estimate of drug-likeness (QED) is 0.639. The van der Waals surface area contributed by atoms with Gasteiger partial charge in [0.15, 0.2) is 0 Å². The summed E-state index contributed by atoms with van der Waals surface area (Å²) in [5.41, 5.74) is 4.99. The first-order valence-corrected chi connectivity index (χ1v) is 7.46. The predicted octanol–water partition coefficient (Wildman–Crippen LogP) is 4.74. The second-order valence-electron chi connectivity index (χ2n) is 5.72. The molecule has 4 rings (SSSR count). The van der Waals surface area contributed by atoms with E-state index in [1.165, 1.54) is 22.3 Å². The molecule has 0 aliphatic heterocycles. The summed E-state index contributed by atoms with van der Waals surface area (Å²) in [5, 5.41) is 9.27. The molecule has 0 heterocycles. The largest absolute Gasteiger partial charge is 0.198 e. The molecule has 1 nitrogen and oxygen atoms in total. The summed E-state index contributed by atoms with van der Waals surface area (Å²) in [6, 6.07) is 19.3. The molecule has 0 saturated heterocycles. The standard InChI is InChI=1S/C18H14ClN/c19-18-14-7-3-1-5-12(14)16-9-11(10-20)17(16)13-6-2-4-8-15(13)18/h1-8,11,16-18H,9H2/t11?,16-,17+,18?/m0/s1. The minimum Gasteiger partial charge on any atom is -0.198 e. The molecule has 4 atom stereocenters. The Kier molecular flexibility index (Phi) is 2.62. The molecule has 0 amide bonds. The highest BCUT2D eigenvalue weighted by Crippen LogP contribution is 2.58. The van der Waals surface area contributed by atoms with Gasteiger partial charge in [0.05, 0.1) is 17.4 Å². The van der Waals surface area contributed by atoms with Crippen molar-refractivity contribution in [3.8, 4) is 6.07 Å². The highest BCUT2D eigenvalue weighted by atomic mass is 35.5. The van der Waals surface area contributed by atoms with E-state index in [4.69, 9.17) is 11.6 Å². The lowest BCUT2D eigenvalue weighted by Gasteiger charge is -2.41. The molecular weight excluding hydrogens is 266 g/mol. The van der Waals surface area contributed by atoms with Crippen molar-refractivity contribution in [3.63, 3.8) is 0 Å². The number of fused-ring (bicyclic) bond motifs is 5. The van der Waals surface area contributed by atoms with Gasteiger partial charge in [-0.25, -0.2) is 0 Å². The SMILES string of the molecule is N#CC1C[C@H]2c3ccccc3C(Cl)c3ccccc3[C@@H]12. The molecule has 0 spiro atoms. The van der Waals surface area contributed by atoms with E-state index in [9.17, 15) is 5.26 Å². The zero-order valence-corrected chi connectivity index (χ0v) is 11.7. The molecule has 20 heavy (non-hydrogen) atoms. The van der Waals surface area contributed by atoms with Gasteiger partial charge in [-0.15, -0.1) is 11.6 Å². The fraction of sp³-hybridized carbons (Fsp3) is 0.278. The Morgan fingerprint density at radius 3 is 2.10 bits per heavy atom. The van der Waals surface area contributed by atoms with Gasteiger partial charge in [0.1, 0.15) is 0 Å². The maximum Gasteiger partial charge on any atom is 0.0840 e. The third-order valence-corrected chi connectivity index (χ3v) is 5.31. The topological polar surface area (TPSA) is 23.8 Å². The number of alkyl halides is 1. The van der Waals surface area contributed by atoms with E-state index < -0.39 is 0 Å². The Balaban J connectivity index is 1.98. The van der Waals surface area contributed by atoms with Gasteiger partial charge in [0.2, 0.25) is 0 Å². The summed E-state index contributed by atoms with van der Waals surface area (Å²) in [5.74, 6) is 0.873. The summed E-state index contributed by atoms with van der Waals surface area (Å²) < 4.78 is 0. The van der Waals surface area contributed by atoms with Crippen LogP contribution < -0.4 is 0 Å². The van der Waals surface area contributed by atoms with Crippen molar-refractivity contribution in [1.82, 2.24) is 0 Å². The third-order valence-electron chi connectivity index (χ3n) is 4.84. The predicted molar refractivity (Wildman–Crippen MR) is 79.8 cm³/mol. The molecule has 0 bridgehead atoms. The molecule has 0 radical (unpaired) electrons. The molecule has 2 unspecified atom stereocenters. The zero-order valence-electron chi connectivity index (χ0n) is 11.0. The lowest BCUT2D eigenvalue weighted by Crippen LogP contribution is -2.32. The van der Waals surface area contributed by atoms with Gasteiger partial charge in [-0.1, -0.05) is 48.5 Å². The van der Waals surface area contributed by atoms with E-state index in [0.717, 1.165) is 6.42 Å². The van der Waals surface area contributed by atoms with Crippen molar-refractivity contribution in [3.05, 3.63) is 70.8 Å². The maximum absolute atomic E-state index is 9.37. The van der Waals surface area contributed by atoms with E-state index in [1.54, 1.807) is 0 Å². The van der Waals surface area contributed by atoms with Crippen molar-refractivity contribution in [1.29, 1.82) is 5.26 Å². The molecule has 0 aromatic heterocycles. The fourth-order valence-electron chi connectivity index (χ4n) is 3.83. The summed E-state index contributed by atoms with van der Waals surface area (Å²) in [6.45, 7) is 0. The van der Waals surface area contributed by atoms with E-state index >= 15 is 0 Å². The first-order valence-electron chi connectivity index (χ1n) is 7.02. The van der Waals surface area contributed by atoms with E-state index in [-0.39, 0.29) is 11.3 Å². The van der Waals surface area contributed by atoms with Crippen LogP contribution in [0, 0.1) is 17.2 Å². The summed E-state index contributed by atoms with van der Waals surface area (Å²) >= 11 is 6.75. The molecule has 0 N–H and O–H groups in total.